The summed E-state index contributed by atoms with van der Waals surface area (Å²) in [4.78, 5) is 14.8. The number of rotatable bonds is 3. The molecule has 5 heteroatoms. The van der Waals surface area contributed by atoms with Crippen LogP contribution in [0, 0.1) is 6.92 Å². The van der Waals surface area contributed by atoms with Gasteiger partial charge in [0.25, 0.3) is 5.91 Å². The van der Waals surface area contributed by atoms with E-state index in [1.54, 1.807) is 11.3 Å². The fourth-order valence-corrected chi connectivity index (χ4v) is 4.68. The molecule has 106 valence electrons. The van der Waals surface area contributed by atoms with Gasteiger partial charge >= 0.3 is 0 Å². The molecule has 1 saturated carbocycles. The van der Waals surface area contributed by atoms with Gasteiger partial charge in [0.2, 0.25) is 0 Å². The molecule has 1 fully saturated rings. The minimum Gasteiger partial charge on any atom is -0.390 e. The van der Waals surface area contributed by atoms with E-state index in [-0.39, 0.29) is 5.91 Å². The zero-order valence-corrected chi connectivity index (χ0v) is 13.1. The first-order chi connectivity index (χ1) is 9.66. The number of carbonyl (C=O) groups is 1. The van der Waals surface area contributed by atoms with Gasteiger partial charge in [0.15, 0.2) is 0 Å². The smallest absolute Gasteiger partial charge is 0.255 e. The molecule has 0 bridgehead atoms. The number of nitrogens with two attached hydrogens (primary N) is 1. The Kier molecular flexibility index (Phi) is 3.81. The zero-order chi connectivity index (χ0) is 14.1. The van der Waals surface area contributed by atoms with Gasteiger partial charge in [-0.05, 0) is 31.2 Å². The summed E-state index contributed by atoms with van der Waals surface area (Å²) in [5.74, 6) is -0.0119. The highest BCUT2D eigenvalue weighted by Crippen LogP contribution is 2.40. The maximum absolute atomic E-state index is 12.6. The number of anilines is 1. The first kappa shape index (κ1) is 13.6. The number of hydrogen-bond donors (Lipinski definition) is 2. The van der Waals surface area contributed by atoms with E-state index in [0.717, 1.165) is 28.2 Å². The molecular formula is C15H18N2OS2. The van der Waals surface area contributed by atoms with Crippen molar-refractivity contribution in [1.82, 2.24) is 5.32 Å². The third kappa shape index (κ3) is 2.47. The molecule has 1 amide bonds. The number of thiophene rings is 2. The summed E-state index contributed by atoms with van der Waals surface area (Å²) in [7, 11) is 0. The van der Waals surface area contributed by atoms with Gasteiger partial charge in [0.05, 0.1) is 10.6 Å². The van der Waals surface area contributed by atoms with Crippen molar-refractivity contribution >= 4 is 33.6 Å². The van der Waals surface area contributed by atoms with Crippen molar-refractivity contribution in [2.24, 2.45) is 0 Å². The van der Waals surface area contributed by atoms with E-state index in [9.17, 15) is 4.79 Å². The SMILES string of the molecule is Cc1sc(N)c(C(=O)NC2CCCC2)c1-c1cccs1. The van der Waals surface area contributed by atoms with Gasteiger partial charge in [-0.3, -0.25) is 4.79 Å². The van der Waals surface area contributed by atoms with E-state index in [4.69, 9.17) is 5.73 Å². The predicted molar refractivity (Wildman–Crippen MR) is 86.5 cm³/mol. The van der Waals surface area contributed by atoms with Gasteiger partial charge in [-0.2, -0.15) is 0 Å². The molecule has 0 unspecified atom stereocenters. The molecule has 0 radical (unpaired) electrons. The van der Waals surface area contributed by atoms with Crippen molar-refractivity contribution in [3.8, 4) is 10.4 Å². The summed E-state index contributed by atoms with van der Waals surface area (Å²) >= 11 is 3.15. The fraction of sp³-hybridized carbons (Fsp3) is 0.400. The van der Waals surface area contributed by atoms with Crippen molar-refractivity contribution in [3.63, 3.8) is 0 Å². The van der Waals surface area contributed by atoms with Crippen LogP contribution in [0.15, 0.2) is 17.5 Å². The van der Waals surface area contributed by atoms with Crippen molar-refractivity contribution in [2.75, 3.05) is 5.73 Å². The molecule has 2 aromatic heterocycles. The molecule has 3 nitrogen and oxygen atoms in total. The summed E-state index contributed by atoms with van der Waals surface area (Å²) in [6.45, 7) is 2.03. The topological polar surface area (TPSA) is 55.1 Å². The lowest BCUT2D eigenvalue weighted by molar-refractivity contribution is 0.0940. The van der Waals surface area contributed by atoms with E-state index in [0.29, 0.717) is 16.6 Å². The Balaban J connectivity index is 1.94. The molecular weight excluding hydrogens is 288 g/mol. The average molecular weight is 306 g/mol. The first-order valence-electron chi connectivity index (χ1n) is 6.90. The molecule has 2 aromatic rings. The molecule has 0 spiro atoms. The standard InChI is InChI=1S/C15H18N2OS2/c1-9-12(11-7-4-8-19-11)13(14(16)20-9)15(18)17-10-5-2-3-6-10/h4,7-8,10H,2-3,5-6,16H2,1H3,(H,17,18). The number of nitrogen functional groups attached to an aromatic ring is 1. The van der Waals surface area contributed by atoms with Crippen LogP contribution in [-0.2, 0) is 0 Å². The summed E-state index contributed by atoms with van der Waals surface area (Å²) < 4.78 is 0. The second kappa shape index (κ2) is 5.58. The first-order valence-corrected chi connectivity index (χ1v) is 8.60. The Morgan fingerprint density at radius 2 is 2.15 bits per heavy atom. The van der Waals surface area contributed by atoms with Gasteiger partial charge < -0.3 is 11.1 Å². The van der Waals surface area contributed by atoms with E-state index < -0.39 is 0 Å². The molecule has 1 aliphatic carbocycles. The van der Waals surface area contributed by atoms with Gasteiger partial charge in [0.1, 0.15) is 0 Å². The third-order valence-electron chi connectivity index (χ3n) is 3.80. The maximum atomic E-state index is 12.6. The molecule has 20 heavy (non-hydrogen) atoms. The zero-order valence-electron chi connectivity index (χ0n) is 11.4. The molecule has 0 aliphatic heterocycles. The van der Waals surface area contributed by atoms with Crippen molar-refractivity contribution in [3.05, 3.63) is 28.0 Å². The van der Waals surface area contributed by atoms with E-state index >= 15 is 0 Å². The largest absolute Gasteiger partial charge is 0.390 e. The van der Waals surface area contributed by atoms with Gasteiger partial charge in [-0.15, -0.1) is 22.7 Å². The minimum absolute atomic E-state index is 0.0119. The molecule has 1 aliphatic rings. The monoisotopic (exact) mass is 306 g/mol. The van der Waals surface area contributed by atoms with E-state index in [1.165, 1.54) is 24.2 Å². The van der Waals surface area contributed by atoms with Crippen LogP contribution in [0.4, 0.5) is 5.00 Å². The molecule has 2 heterocycles. The average Bonchev–Trinajstić information content (AvgIpc) is 3.10. The Morgan fingerprint density at radius 3 is 2.80 bits per heavy atom. The number of carbonyl (C=O) groups excluding carboxylic acids is 1. The van der Waals surface area contributed by atoms with Crippen LogP contribution in [0.2, 0.25) is 0 Å². The second-order valence-corrected chi connectivity index (χ2v) is 7.41. The normalized spacial score (nSPS) is 15.7. The lowest BCUT2D eigenvalue weighted by atomic mass is 10.1. The summed E-state index contributed by atoms with van der Waals surface area (Å²) in [6, 6.07) is 4.37. The lowest BCUT2D eigenvalue weighted by Gasteiger charge is -2.13. The summed E-state index contributed by atoms with van der Waals surface area (Å²) in [5.41, 5.74) is 7.77. The minimum atomic E-state index is -0.0119. The number of aryl methyl sites for hydroxylation is 1. The number of nitrogens with one attached hydrogen (secondary N) is 1. The van der Waals surface area contributed by atoms with Crippen molar-refractivity contribution < 1.29 is 4.79 Å². The Morgan fingerprint density at radius 1 is 1.40 bits per heavy atom. The highest BCUT2D eigenvalue weighted by atomic mass is 32.1. The van der Waals surface area contributed by atoms with Gasteiger partial charge in [0, 0.05) is 21.4 Å². The highest BCUT2D eigenvalue weighted by molar-refractivity contribution is 7.18. The maximum Gasteiger partial charge on any atom is 0.255 e. The molecule has 0 atom stereocenters. The van der Waals surface area contributed by atoms with Crippen LogP contribution in [0.1, 0.15) is 40.9 Å². The molecule has 3 rings (SSSR count). The molecule has 0 saturated heterocycles. The molecule has 0 aromatic carbocycles. The summed E-state index contributed by atoms with van der Waals surface area (Å²) in [6.07, 6.45) is 4.59. The van der Waals surface area contributed by atoms with Crippen LogP contribution in [0.5, 0.6) is 0 Å². The van der Waals surface area contributed by atoms with Crippen LogP contribution in [-0.4, -0.2) is 11.9 Å². The Hall–Kier alpha value is -1.33. The van der Waals surface area contributed by atoms with Crippen LogP contribution in [0.25, 0.3) is 10.4 Å². The fourth-order valence-electron chi connectivity index (χ4n) is 2.84. The highest BCUT2D eigenvalue weighted by Gasteiger charge is 2.25. The van der Waals surface area contributed by atoms with Crippen molar-refractivity contribution in [2.45, 2.75) is 38.6 Å². The van der Waals surface area contributed by atoms with Gasteiger partial charge in [-0.1, -0.05) is 18.9 Å². The third-order valence-corrected chi connectivity index (χ3v) is 5.62. The predicted octanol–water partition coefficient (Wildman–Crippen LogP) is 4.04. The van der Waals surface area contributed by atoms with E-state index in [2.05, 4.69) is 5.32 Å². The Bertz CT molecular complexity index is 610. The van der Waals surface area contributed by atoms with Crippen LogP contribution < -0.4 is 11.1 Å². The molecule has 3 N–H and O–H groups in total. The second-order valence-electron chi connectivity index (χ2n) is 5.20. The number of hydrogen-bond acceptors (Lipinski definition) is 4. The Labute approximate surface area is 126 Å². The van der Waals surface area contributed by atoms with Gasteiger partial charge in [-0.25, -0.2) is 0 Å². The lowest BCUT2D eigenvalue weighted by Crippen LogP contribution is -2.33. The van der Waals surface area contributed by atoms with Crippen molar-refractivity contribution in [1.29, 1.82) is 0 Å². The van der Waals surface area contributed by atoms with E-state index in [1.807, 2.05) is 24.4 Å². The van der Waals surface area contributed by atoms with Crippen LogP contribution >= 0.6 is 22.7 Å². The quantitative estimate of drug-likeness (QED) is 0.899. The van der Waals surface area contributed by atoms with Crippen LogP contribution in [0.3, 0.4) is 0 Å². The summed E-state index contributed by atoms with van der Waals surface area (Å²) in [5, 5.41) is 5.80. The number of amides is 1.